The second kappa shape index (κ2) is 7.26. The van der Waals surface area contributed by atoms with E-state index in [1.807, 2.05) is 52.0 Å². The Labute approximate surface area is 163 Å². The normalized spacial score (nSPS) is 11.3. The van der Waals surface area contributed by atoms with Gasteiger partial charge in [0.05, 0.1) is 28.8 Å². The van der Waals surface area contributed by atoms with Crippen molar-refractivity contribution in [2.24, 2.45) is 5.73 Å². The molecule has 0 saturated heterocycles. The fraction of sp³-hybridized carbons (Fsp3) is 0.238. The summed E-state index contributed by atoms with van der Waals surface area (Å²) >= 11 is 0. The lowest BCUT2D eigenvalue weighted by molar-refractivity contribution is 0.0994. The zero-order valence-corrected chi connectivity index (χ0v) is 16.4. The maximum Gasteiger partial charge on any atom is 0.267 e. The largest absolute Gasteiger partial charge is 0.364 e. The molecule has 2 amide bonds. The van der Waals surface area contributed by atoms with Crippen molar-refractivity contribution in [3.63, 3.8) is 0 Å². The first kappa shape index (κ1) is 19.3. The number of nitrogens with two attached hydrogens (primary N) is 1. The van der Waals surface area contributed by atoms with Crippen LogP contribution in [-0.4, -0.2) is 26.6 Å². The number of hydrogen-bond acceptors (Lipinski definition) is 4. The van der Waals surface area contributed by atoms with Gasteiger partial charge in [-0.25, -0.2) is 9.67 Å². The number of hydrogen-bond donors (Lipinski definition) is 2. The number of pyridine rings is 1. The molecule has 0 bridgehead atoms. The van der Waals surface area contributed by atoms with Crippen molar-refractivity contribution in [3.8, 4) is 5.69 Å². The van der Waals surface area contributed by atoms with E-state index in [-0.39, 0.29) is 17.0 Å². The van der Waals surface area contributed by atoms with Crippen LogP contribution in [0.2, 0.25) is 0 Å². The Morgan fingerprint density at radius 3 is 2.29 bits per heavy atom. The summed E-state index contributed by atoms with van der Waals surface area (Å²) in [5.74, 6) is -0.913. The number of aryl methyl sites for hydroxylation is 1. The van der Waals surface area contributed by atoms with Crippen molar-refractivity contribution in [1.82, 2.24) is 14.8 Å². The van der Waals surface area contributed by atoms with Gasteiger partial charge in [-0.1, -0.05) is 38.5 Å². The van der Waals surface area contributed by atoms with E-state index in [4.69, 9.17) is 5.73 Å². The lowest BCUT2D eigenvalue weighted by atomic mass is 9.89. The van der Waals surface area contributed by atoms with Crippen LogP contribution < -0.4 is 11.1 Å². The molecule has 3 aromatic rings. The highest BCUT2D eigenvalue weighted by Crippen LogP contribution is 2.26. The first-order valence-corrected chi connectivity index (χ1v) is 8.89. The van der Waals surface area contributed by atoms with Crippen LogP contribution in [0.1, 0.15) is 52.9 Å². The van der Waals surface area contributed by atoms with E-state index in [1.54, 1.807) is 16.9 Å². The predicted octanol–water partition coefficient (Wildman–Crippen LogP) is 3.22. The van der Waals surface area contributed by atoms with Crippen molar-refractivity contribution >= 4 is 17.5 Å². The van der Waals surface area contributed by atoms with Crippen molar-refractivity contribution < 1.29 is 9.59 Å². The lowest BCUT2D eigenvalue weighted by Crippen LogP contribution is -2.20. The Morgan fingerprint density at radius 1 is 1.07 bits per heavy atom. The smallest absolute Gasteiger partial charge is 0.267 e. The average molecular weight is 377 g/mol. The zero-order valence-electron chi connectivity index (χ0n) is 16.4. The second-order valence-electron chi connectivity index (χ2n) is 7.67. The number of anilines is 1. The average Bonchev–Trinajstić information content (AvgIpc) is 3.09. The summed E-state index contributed by atoms with van der Waals surface area (Å²) in [4.78, 5) is 28.0. The molecule has 0 unspecified atom stereocenters. The molecule has 3 rings (SSSR count). The zero-order chi connectivity index (χ0) is 20.5. The fourth-order valence-electron chi connectivity index (χ4n) is 2.74. The minimum Gasteiger partial charge on any atom is -0.364 e. The molecule has 0 aliphatic heterocycles. The highest BCUT2D eigenvalue weighted by atomic mass is 16.2. The predicted molar refractivity (Wildman–Crippen MR) is 108 cm³/mol. The van der Waals surface area contributed by atoms with Gasteiger partial charge in [0.25, 0.3) is 11.8 Å². The molecule has 0 radical (unpaired) electrons. The maximum atomic E-state index is 12.9. The third-order valence-electron chi connectivity index (χ3n) is 4.24. The highest BCUT2D eigenvalue weighted by Gasteiger charge is 2.26. The standard InChI is InChI=1S/C21H23N5O2/c1-13-5-8-15(9-6-13)26-12-16(18(25-26)21(2,3)4)20(28)24-14-7-10-17(19(22)27)23-11-14/h5-12H,1-4H3,(H2,22,27)(H,24,28). The first-order chi connectivity index (χ1) is 13.1. The number of nitrogens with zero attached hydrogens (tertiary/aromatic N) is 3. The number of nitrogens with one attached hydrogen (secondary N) is 1. The number of amides is 2. The molecule has 0 saturated carbocycles. The van der Waals surface area contributed by atoms with Crippen LogP contribution in [-0.2, 0) is 5.41 Å². The molecular formula is C21H23N5O2. The van der Waals surface area contributed by atoms with Gasteiger partial charge in [0.2, 0.25) is 0 Å². The van der Waals surface area contributed by atoms with Gasteiger partial charge in [0.15, 0.2) is 0 Å². The number of primary amides is 1. The summed E-state index contributed by atoms with van der Waals surface area (Å²) in [7, 11) is 0. The van der Waals surface area contributed by atoms with E-state index in [0.717, 1.165) is 11.3 Å². The molecule has 0 atom stereocenters. The molecule has 7 nitrogen and oxygen atoms in total. The lowest BCUT2D eigenvalue weighted by Gasteiger charge is -2.17. The number of aromatic nitrogens is 3. The minimum absolute atomic E-state index is 0.139. The van der Waals surface area contributed by atoms with E-state index >= 15 is 0 Å². The van der Waals surface area contributed by atoms with Crippen LogP contribution in [0.15, 0.2) is 48.8 Å². The van der Waals surface area contributed by atoms with Crippen LogP contribution in [0.25, 0.3) is 5.69 Å². The van der Waals surface area contributed by atoms with Crippen molar-refractivity contribution in [1.29, 1.82) is 0 Å². The maximum absolute atomic E-state index is 12.9. The number of rotatable bonds is 4. The summed E-state index contributed by atoms with van der Waals surface area (Å²) in [5, 5.41) is 7.46. The molecule has 2 heterocycles. The van der Waals surface area contributed by atoms with Crippen molar-refractivity contribution in [2.45, 2.75) is 33.1 Å². The van der Waals surface area contributed by atoms with Crippen molar-refractivity contribution in [2.75, 3.05) is 5.32 Å². The summed E-state index contributed by atoms with van der Waals surface area (Å²) in [6.45, 7) is 8.04. The highest BCUT2D eigenvalue weighted by molar-refractivity contribution is 6.05. The van der Waals surface area contributed by atoms with Crippen LogP contribution in [0.4, 0.5) is 5.69 Å². The molecule has 3 N–H and O–H groups in total. The Balaban J connectivity index is 1.93. The fourth-order valence-corrected chi connectivity index (χ4v) is 2.74. The van der Waals surface area contributed by atoms with Crippen molar-refractivity contribution in [3.05, 3.63) is 71.3 Å². The molecule has 0 fully saturated rings. The Morgan fingerprint density at radius 2 is 1.75 bits per heavy atom. The topological polar surface area (TPSA) is 103 Å². The third kappa shape index (κ3) is 4.09. The minimum atomic E-state index is -0.618. The van der Waals surface area contributed by atoms with Gasteiger partial charge >= 0.3 is 0 Å². The Kier molecular flexibility index (Phi) is 5.00. The van der Waals surface area contributed by atoms with Gasteiger partial charge in [0, 0.05) is 11.6 Å². The third-order valence-corrected chi connectivity index (χ3v) is 4.24. The second-order valence-corrected chi connectivity index (χ2v) is 7.67. The van der Waals surface area contributed by atoms with Gasteiger partial charge < -0.3 is 11.1 Å². The summed E-state index contributed by atoms with van der Waals surface area (Å²) < 4.78 is 1.71. The van der Waals surface area contributed by atoms with Gasteiger partial charge in [0.1, 0.15) is 5.69 Å². The van der Waals surface area contributed by atoms with Crippen LogP contribution in [0, 0.1) is 6.92 Å². The van der Waals surface area contributed by atoms with Gasteiger partial charge in [-0.15, -0.1) is 0 Å². The van der Waals surface area contributed by atoms with Gasteiger partial charge in [-0.3, -0.25) is 9.59 Å². The number of carbonyl (C=O) groups is 2. The molecule has 1 aromatic carbocycles. The SMILES string of the molecule is Cc1ccc(-n2cc(C(=O)Nc3ccc(C(N)=O)nc3)c(C(C)(C)C)n2)cc1. The van der Waals surface area contributed by atoms with Crippen LogP contribution >= 0.6 is 0 Å². The molecule has 0 aliphatic rings. The molecule has 144 valence electrons. The summed E-state index contributed by atoms with van der Waals surface area (Å²) in [5.41, 5.74) is 8.67. The molecule has 0 aliphatic carbocycles. The van der Waals surface area contributed by atoms with E-state index in [1.165, 1.54) is 12.3 Å². The van der Waals surface area contributed by atoms with E-state index in [2.05, 4.69) is 15.4 Å². The first-order valence-electron chi connectivity index (χ1n) is 8.89. The van der Waals surface area contributed by atoms with E-state index in [0.29, 0.717) is 16.9 Å². The quantitative estimate of drug-likeness (QED) is 0.728. The van der Waals surface area contributed by atoms with Crippen LogP contribution in [0.3, 0.4) is 0 Å². The molecule has 0 spiro atoms. The van der Waals surface area contributed by atoms with Gasteiger partial charge in [-0.2, -0.15) is 5.10 Å². The van der Waals surface area contributed by atoms with E-state index in [9.17, 15) is 9.59 Å². The molecule has 2 aromatic heterocycles. The number of carbonyl (C=O) groups excluding carboxylic acids is 2. The van der Waals surface area contributed by atoms with E-state index < -0.39 is 5.91 Å². The summed E-state index contributed by atoms with van der Waals surface area (Å²) in [6, 6.07) is 11.0. The molecule has 28 heavy (non-hydrogen) atoms. The monoisotopic (exact) mass is 377 g/mol. The molecular weight excluding hydrogens is 354 g/mol. The Bertz CT molecular complexity index is 1010. The Hall–Kier alpha value is -3.48. The van der Waals surface area contributed by atoms with Gasteiger partial charge in [-0.05, 0) is 31.2 Å². The van der Waals surface area contributed by atoms with Crippen LogP contribution in [0.5, 0.6) is 0 Å². The summed E-state index contributed by atoms with van der Waals surface area (Å²) in [6.07, 6.45) is 3.13. The molecule has 7 heteroatoms. The number of benzene rings is 1.